The number of rotatable bonds is 10. The number of halogens is 1. The van der Waals surface area contributed by atoms with Crippen LogP contribution >= 0.6 is 11.6 Å². The van der Waals surface area contributed by atoms with E-state index < -0.39 is 28.5 Å². The minimum Gasteiger partial charge on any atom is -0.497 e. The summed E-state index contributed by atoms with van der Waals surface area (Å²) in [5.41, 5.74) is 1.73. The molecule has 2 amide bonds. The number of carbonyl (C=O) groups is 2. The Kier molecular flexibility index (Phi) is 9.13. The second-order valence-electron chi connectivity index (χ2n) is 7.64. The van der Waals surface area contributed by atoms with Gasteiger partial charge in [-0.25, -0.2) is 8.42 Å². The number of aryl methyl sites for hydroxylation is 1. The van der Waals surface area contributed by atoms with Crippen molar-refractivity contribution in [3.05, 3.63) is 58.6 Å². The average molecular weight is 496 g/mol. The molecule has 180 valence electrons. The van der Waals surface area contributed by atoms with Crippen molar-refractivity contribution in [2.24, 2.45) is 0 Å². The van der Waals surface area contributed by atoms with Crippen molar-refractivity contribution >= 4 is 39.1 Å². The molecule has 33 heavy (non-hydrogen) atoms. The molecule has 2 aromatic rings. The first-order chi connectivity index (χ1) is 15.5. The minimum absolute atomic E-state index is 0.118. The Morgan fingerprint density at radius 2 is 1.79 bits per heavy atom. The van der Waals surface area contributed by atoms with E-state index >= 15 is 0 Å². The molecule has 1 atom stereocenters. The fourth-order valence-corrected chi connectivity index (χ4v) is 4.34. The van der Waals surface area contributed by atoms with Gasteiger partial charge >= 0.3 is 0 Å². The third-order valence-electron chi connectivity index (χ3n) is 5.15. The van der Waals surface area contributed by atoms with Crippen molar-refractivity contribution in [2.45, 2.75) is 33.4 Å². The van der Waals surface area contributed by atoms with Gasteiger partial charge in [-0.15, -0.1) is 0 Å². The quantitative estimate of drug-likeness (QED) is 0.546. The summed E-state index contributed by atoms with van der Waals surface area (Å²) in [6.07, 6.45) is 1.03. The lowest BCUT2D eigenvalue weighted by atomic mass is 10.1. The van der Waals surface area contributed by atoms with Gasteiger partial charge < -0.3 is 15.0 Å². The van der Waals surface area contributed by atoms with E-state index in [1.54, 1.807) is 64.3 Å². The summed E-state index contributed by atoms with van der Waals surface area (Å²) in [6, 6.07) is 11.1. The topological polar surface area (TPSA) is 96.0 Å². The van der Waals surface area contributed by atoms with Gasteiger partial charge in [0.05, 0.1) is 19.1 Å². The third-order valence-corrected chi connectivity index (χ3v) is 6.51. The molecular formula is C23H30ClN3O5S. The van der Waals surface area contributed by atoms with E-state index in [4.69, 9.17) is 16.3 Å². The number of hydrogen-bond acceptors (Lipinski definition) is 5. The number of methoxy groups -OCH3 is 1. The predicted octanol–water partition coefficient (Wildman–Crippen LogP) is 2.98. The highest BCUT2D eigenvalue weighted by molar-refractivity contribution is 7.92. The van der Waals surface area contributed by atoms with Gasteiger partial charge in [-0.1, -0.05) is 29.8 Å². The first-order valence-corrected chi connectivity index (χ1v) is 12.6. The number of carbonyl (C=O) groups excluding carboxylic acids is 2. The maximum absolute atomic E-state index is 13.4. The number of likely N-dealkylation sites (N-methyl/N-ethyl adjacent to an activating group) is 1. The summed E-state index contributed by atoms with van der Waals surface area (Å²) in [6.45, 7) is 5.19. The van der Waals surface area contributed by atoms with Crippen molar-refractivity contribution < 1.29 is 22.7 Å². The van der Waals surface area contributed by atoms with Crippen molar-refractivity contribution in [1.82, 2.24) is 10.2 Å². The fourth-order valence-electron chi connectivity index (χ4n) is 3.28. The van der Waals surface area contributed by atoms with Crippen LogP contribution in [-0.4, -0.2) is 57.6 Å². The molecule has 0 saturated heterocycles. The average Bonchev–Trinajstić information content (AvgIpc) is 2.76. The molecule has 0 aliphatic carbocycles. The van der Waals surface area contributed by atoms with Crippen LogP contribution in [0.25, 0.3) is 0 Å². The zero-order chi connectivity index (χ0) is 24.8. The van der Waals surface area contributed by atoms with E-state index in [-0.39, 0.29) is 12.5 Å². The maximum atomic E-state index is 13.4. The number of nitrogens with zero attached hydrogens (tertiary/aromatic N) is 2. The monoisotopic (exact) mass is 495 g/mol. The Bertz CT molecular complexity index is 1090. The summed E-state index contributed by atoms with van der Waals surface area (Å²) in [4.78, 5) is 27.4. The molecule has 8 nitrogen and oxygen atoms in total. The Balaban J connectivity index is 2.41. The Morgan fingerprint density at radius 1 is 1.15 bits per heavy atom. The van der Waals surface area contributed by atoms with Crippen LogP contribution in [0.15, 0.2) is 42.5 Å². The molecule has 10 heteroatoms. The number of hydrogen-bond donors (Lipinski definition) is 1. The van der Waals surface area contributed by atoms with E-state index in [0.717, 1.165) is 16.1 Å². The SMILES string of the molecule is CCNC(=O)[C@@H](C)N(Cc1ccc(OC)cc1)C(=O)CN(c1cc(Cl)ccc1C)S(C)(=O)=O. The molecule has 2 aromatic carbocycles. The summed E-state index contributed by atoms with van der Waals surface area (Å²) >= 11 is 6.09. The molecular weight excluding hydrogens is 466 g/mol. The van der Waals surface area contributed by atoms with Crippen LogP contribution in [0.1, 0.15) is 25.0 Å². The highest BCUT2D eigenvalue weighted by Gasteiger charge is 2.30. The number of sulfonamides is 1. The minimum atomic E-state index is -3.81. The molecule has 0 spiro atoms. The number of anilines is 1. The molecule has 0 aliphatic rings. The van der Waals surface area contributed by atoms with Crippen LogP contribution in [0.5, 0.6) is 5.75 Å². The standard InChI is InChI=1S/C23H30ClN3O5S/c1-6-25-23(29)17(3)26(14-18-8-11-20(32-4)12-9-18)22(28)15-27(33(5,30)31)21-13-19(24)10-7-16(21)2/h7-13,17H,6,14-15H2,1-5H3,(H,25,29)/t17-/m1/s1. The zero-order valence-corrected chi connectivity index (χ0v) is 21.0. The lowest BCUT2D eigenvalue weighted by molar-refractivity contribution is -0.139. The van der Waals surface area contributed by atoms with Gasteiger partial charge in [0, 0.05) is 18.1 Å². The van der Waals surface area contributed by atoms with Crippen LogP contribution < -0.4 is 14.4 Å². The molecule has 0 aromatic heterocycles. The number of benzene rings is 2. The molecule has 0 saturated carbocycles. The van der Waals surface area contributed by atoms with E-state index in [0.29, 0.717) is 28.6 Å². The van der Waals surface area contributed by atoms with Crippen LogP contribution in [0.4, 0.5) is 5.69 Å². The Labute approximate surface area is 200 Å². The van der Waals surface area contributed by atoms with Crippen molar-refractivity contribution in [1.29, 1.82) is 0 Å². The smallest absolute Gasteiger partial charge is 0.244 e. The molecule has 0 fully saturated rings. The van der Waals surface area contributed by atoms with Crippen molar-refractivity contribution in [3.8, 4) is 5.75 Å². The lowest BCUT2D eigenvalue weighted by Crippen LogP contribution is -2.51. The fraction of sp³-hybridized carbons (Fsp3) is 0.391. The number of ether oxygens (including phenoxy) is 1. The molecule has 0 heterocycles. The highest BCUT2D eigenvalue weighted by atomic mass is 35.5. The van der Waals surface area contributed by atoms with Gasteiger partial charge in [-0.05, 0) is 56.2 Å². The van der Waals surface area contributed by atoms with Crippen LogP contribution in [0, 0.1) is 6.92 Å². The van der Waals surface area contributed by atoms with E-state index in [9.17, 15) is 18.0 Å². The third kappa shape index (κ3) is 7.10. The first kappa shape index (κ1) is 26.5. The molecule has 0 bridgehead atoms. The maximum Gasteiger partial charge on any atom is 0.244 e. The molecule has 2 rings (SSSR count). The summed E-state index contributed by atoms with van der Waals surface area (Å²) in [5.74, 6) is -0.188. The molecule has 0 unspecified atom stereocenters. The summed E-state index contributed by atoms with van der Waals surface area (Å²) < 4.78 is 31.4. The van der Waals surface area contributed by atoms with Crippen LogP contribution in [0.3, 0.4) is 0 Å². The van der Waals surface area contributed by atoms with Gasteiger partial charge in [0.1, 0.15) is 18.3 Å². The number of amides is 2. The van der Waals surface area contributed by atoms with Crippen LogP contribution in [0.2, 0.25) is 5.02 Å². The van der Waals surface area contributed by atoms with Crippen molar-refractivity contribution in [2.75, 3.05) is 30.8 Å². The van der Waals surface area contributed by atoms with E-state index in [1.165, 1.54) is 11.0 Å². The second-order valence-corrected chi connectivity index (χ2v) is 9.98. The van der Waals surface area contributed by atoms with E-state index in [2.05, 4.69) is 5.32 Å². The molecule has 0 radical (unpaired) electrons. The van der Waals surface area contributed by atoms with Crippen molar-refractivity contribution in [3.63, 3.8) is 0 Å². The summed E-state index contributed by atoms with van der Waals surface area (Å²) in [7, 11) is -2.26. The van der Waals surface area contributed by atoms with Gasteiger partial charge in [-0.3, -0.25) is 13.9 Å². The Morgan fingerprint density at radius 3 is 2.33 bits per heavy atom. The second kappa shape index (κ2) is 11.4. The number of nitrogens with one attached hydrogen (secondary N) is 1. The largest absolute Gasteiger partial charge is 0.497 e. The first-order valence-electron chi connectivity index (χ1n) is 10.4. The zero-order valence-electron chi connectivity index (χ0n) is 19.5. The van der Waals surface area contributed by atoms with Gasteiger partial charge in [0.2, 0.25) is 21.8 Å². The highest BCUT2D eigenvalue weighted by Crippen LogP contribution is 2.27. The lowest BCUT2D eigenvalue weighted by Gasteiger charge is -2.32. The van der Waals surface area contributed by atoms with E-state index in [1.807, 2.05) is 0 Å². The van der Waals surface area contributed by atoms with Gasteiger partial charge in [0.15, 0.2) is 0 Å². The molecule has 0 aliphatic heterocycles. The van der Waals surface area contributed by atoms with Gasteiger partial charge in [0.25, 0.3) is 0 Å². The normalized spacial score (nSPS) is 12.1. The Hall–Kier alpha value is -2.78. The molecule has 1 N–H and O–H groups in total. The van der Waals surface area contributed by atoms with Gasteiger partial charge in [-0.2, -0.15) is 0 Å². The summed E-state index contributed by atoms with van der Waals surface area (Å²) in [5, 5.41) is 3.06. The van der Waals surface area contributed by atoms with Crippen LogP contribution in [-0.2, 0) is 26.2 Å². The predicted molar refractivity (Wildman–Crippen MR) is 130 cm³/mol.